The van der Waals surface area contributed by atoms with Gasteiger partial charge in [0.15, 0.2) is 0 Å². The summed E-state index contributed by atoms with van der Waals surface area (Å²) in [6.45, 7) is 4.55. The lowest BCUT2D eigenvalue weighted by molar-refractivity contribution is -0.138. The average molecular weight is 240 g/mol. The number of rotatable bonds is 3. The van der Waals surface area contributed by atoms with Crippen molar-refractivity contribution in [3.63, 3.8) is 0 Å². The van der Waals surface area contributed by atoms with Crippen molar-refractivity contribution in [2.75, 3.05) is 39.9 Å². The van der Waals surface area contributed by atoms with Crippen molar-refractivity contribution in [2.45, 2.75) is 25.7 Å². The number of likely N-dealkylation sites (tertiary alicyclic amines) is 1. The lowest BCUT2D eigenvalue weighted by atomic mass is 9.94. The van der Waals surface area contributed by atoms with Crippen molar-refractivity contribution in [3.8, 4) is 0 Å². The second-order valence-electron chi connectivity index (χ2n) is 5.29. The van der Waals surface area contributed by atoms with Crippen LogP contribution in [-0.2, 0) is 9.53 Å². The third kappa shape index (κ3) is 3.42. The van der Waals surface area contributed by atoms with Gasteiger partial charge in [-0.05, 0) is 38.1 Å². The first-order chi connectivity index (χ1) is 8.31. The molecule has 2 saturated heterocycles. The number of ether oxygens (including phenoxy) is 1. The molecule has 1 unspecified atom stereocenters. The van der Waals surface area contributed by atoms with Crippen LogP contribution in [0.15, 0.2) is 0 Å². The van der Waals surface area contributed by atoms with Crippen LogP contribution in [-0.4, -0.2) is 50.7 Å². The van der Waals surface area contributed by atoms with E-state index >= 15 is 0 Å². The van der Waals surface area contributed by atoms with Gasteiger partial charge in [0.2, 0.25) is 5.91 Å². The minimum atomic E-state index is 0.213. The fourth-order valence-electron chi connectivity index (χ4n) is 2.96. The molecule has 2 aliphatic rings. The maximum atomic E-state index is 12.3. The highest BCUT2D eigenvalue weighted by molar-refractivity contribution is 5.79. The summed E-state index contributed by atoms with van der Waals surface area (Å²) in [5, 5.41) is 3.32. The largest absolute Gasteiger partial charge is 0.384 e. The molecule has 1 amide bonds. The number of amides is 1. The van der Waals surface area contributed by atoms with Gasteiger partial charge in [-0.3, -0.25) is 4.79 Å². The molecular weight excluding hydrogens is 216 g/mol. The molecule has 4 heteroatoms. The fourth-order valence-corrected chi connectivity index (χ4v) is 2.96. The summed E-state index contributed by atoms with van der Waals surface area (Å²) in [5.41, 5.74) is 0. The lowest BCUT2D eigenvalue weighted by Crippen LogP contribution is -2.47. The van der Waals surface area contributed by atoms with Crippen LogP contribution >= 0.6 is 0 Å². The van der Waals surface area contributed by atoms with Crippen LogP contribution < -0.4 is 5.32 Å². The Balaban J connectivity index is 1.85. The van der Waals surface area contributed by atoms with Crippen LogP contribution in [0.25, 0.3) is 0 Å². The zero-order valence-corrected chi connectivity index (χ0v) is 10.8. The Morgan fingerprint density at radius 2 is 2.29 bits per heavy atom. The minimum absolute atomic E-state index is 0.213. The molecule has 2 fully saturated rings. The molecule has 2 heterocycles. The molecule has 2 aliphatic heterocycles. The van der Waals surface area contributed by atoms with E-state index in [9.17, 15) is 4.79 Å². The van der Waals surface area contributed by atoms with Gasteiger partial charge in [0.25, 0.3) is 0 Å². The predicted molar refractivity (Wildman–Crippen MR) is 66.8 cm³/mol. The molecule has 4 nitrogen and oxygen atoms in total. The summed E-state index contributed by atoms with van der Waals surface area (Å²) in [6.07, 6.45) is 4.50. The molecule has 17 heavy (non-hydrogen) atoms. The maximum absolute atomic E-state index is 12.3. The molecule has 2 atom stereocenters. The van der Waals surface area contributed by atoms with E-state index in [0.29, 0.717) is 11.8 Å². The van der Waals surface area contributed by atoms with E-state index in [1.807, 2.05) is 0 Å². The molecule has 0 aromatic heterocycles. The van der Waals surface area contributed by atoms with Gasteiger partial charge in [0.1, 0.15) is 0 Å². The Morgan fingerprint density at radius 1 is 1.41 bits per heavy atom. The van der Waals surface area contributed by atoms with Gasteiger partial charge in [-0.25, -0.2) is 0 Å². The Hall–Kier alpha value is -0.610. The quantitative estimate of drug-likeness (QED) is 0.796. The van der Waals surface area contributed by atoms with Crippen LogP contribution in [0.5, 0.6) is 0 Å². The first kappa shape index (κ1) is 12.8. The van der Waals surface area contributed by atoms with Crippen LogP contribution in [0.1, 0.15) is 25.7 Å². The van der Waals surface area contributed by atoms with E-state index in [1.54, 1.807) is 7.11 Å². The summed E-state index contributed by atoms with van der Waals surface area (Å²) in [7, 11) is 1.74. The van der Waals surface area contributed by atoms with E-state index < -0.39 is 0 Å². The van der Waals surface area contributed by atoms with Gasteiger partial charge < -0.3 is 15.0 Å². The third-order valence-corrected chi connectivity index (χ3v) is 3.88. The Bertz CT molecular complexity index is 250. The molecule has 0 saturated carbocycles. The number of hydrogen-bond acceptors (Lipinski definition) is 3. The predicted octanol–water partition coefficient (Wildman–Crippen LogP) is 0.871. The highest BCUT2D eigenvalue weighted by Crippen LogP contribution is 2.20. The number of hydrogen-bond donors (Lipinski definition) is 1. The van der Waals surface area contributed by atoms with Crippen molar-refractivity contribution >= 4 is 5.91 Å². The number of carbonyl (C=O) groups is 1. The zero-order valence-electron chi connectivity index (χ0n) is 10.8. The van der Waals surface area contributed by atoms with Crippen LogP contribution in [0.3, 0.4) is 0 Å². The van der Waals surface area contributed by atoms with Crippen molar-refractivity contribution in [1.82, 2.24) is 10.2 Å². The summed E-state index contributed by atoms with van der Waals surface area (Å²) in [4.78, 5) is 14.4. The lowest BCUT2D eigenvalue weighted by Gasteiger charge is -2.35. The van der Waals surface area contributed by atoms with Crippen molar-refractivity contribution < 1.29 is 9.53 Å². The smallest absolute Gasteiger partial charge is 0.226 e. The first-order valence-electron chi connectivity index (χ1n) is 6.79. The molecule has 0 aromatic rings. The van der Waals surface area contributed by atoms with Gasteiger partial charge in [-0.15, -0.1) is 0 Å². The van der Waals surface area contributed by atoms with Gasteiger partial charge in [-0.2, -0.15) is 0 Å². The van der Waals surface area contributed by atoms with Crippen molar-refractivity contribution in [2.24, 2.45) is 11.8 Å². The maximum Gasteiger partial charge on any atom is 0.226 e. The Morgan fingerprint density at radius 3 is 3.00 bits per heavy atom. The molecule has 98 valence electrons. The van der Waals surface area contributed by atoms with Gasteiger partial charge in [0, 0.05) is 26.7 Å². The van der Waals surface area contributed by atoms with Crippen molar-refractivity contribution in [3.05, 3.63) is 0 Å². The molecule has 2 rings (SSSR count). The number of carbonyl (C=O) groups excluding carboxylic acids is 1. The fraction of sp³-hybridized carbons (Fsp3) is 0.923. The summed E-state index contributed by atoms with van der Waals surface area (Å²) in [6, 6.07) is 0. The van der Waals surface area contributed by atoms with E-state index in [1.165, 1.54) is 6.42 Å². The molecule has 0 spiro atoms. The van der Waals surface area contributed by atoms with E-state index in [-0.39, 0.29) is 5.92 Å². The van der Waals surface area contributed by atoms with Crippen LogP contribution in [0.4, 0.5) is 0 Å². The number of nitrogens with zero attached hydrogens (tertiary/aromatic N) is 1. The highest BCUT2D eigenvalue weighted by Gasteiger charge is 2.29. The van der Waals surface area contributed by atoms with Gasteiger partial charge in [0.05, 0.1) is 12.5 Å². The summed E-state index contributed by atoms with van der Waals surface area (Å²) < 4.78 is 5.20. The van der Waals surface area contributed by atoms with Crippen molar-refractivity contribution in [1.29, 1.82) is 0 Å². The zero-order chi connectivity index (χ0) is 12.1. The number of piperidine rings is 2. The molecular formula is C13H24N2O2. The highest BCUT2D eigenvalue weighted by atomic mass is 16.5. The third-order valence-electron chi connectivity index (χ3n) is 3.88. The minimum Gasteiger partial charge on any atom is -0.384 e. The summed E-state index contributed by atoms with van der Waals surface area (Å²) in [5.74, 6) is 1.11. The van der Waals surface area contributed by atoms with Gasteiger partial charge >= 0.3 is 0 Å². The van der Waals surface area contributed by atoms with Crippen LogP contribution in [0.2, 0.25) is 0 Å². The average Bonchev–Trinajstić information content (AvgIpc) is 2.40. The van der Waals surface area contributed by atoms with Crippen LogP contribution in [0, 0.1) is 11.8 Å². The normalized spacial score (nSPS) is 30.3. The Labute approximate surface area is 104 Å². The summed E-state index contributed by atoms with van der Waals surface area (Å²) >= 11 is 0. The molecule has 0 aromatic carbocycles. The molecule has 0 aliphatic carbocycles. The van der Waals surface area contributed by atoms with E-state index in [0.717, 1.165) is 52.0 Å². The van der Waals surface area contributed by atoms with E-state index in [2.05, 4.69) is 10.2 Å². The molecule has 1 N–H and O–H groups in total. The topological polar surface area (TPSA) is 41.6 Å². The molecule has 0 radical (unpaired) electrons. The first-order valence-corrected chi connectivity index (χ1v) is 6.79. The van der Waals surface area contributed by atoms with Gasteiger partial charge in [-0.1, -0.05) is 0 Å². The number of nitrogens with one attached hydrogen (secondary N) is 1. The molecule has 0 bridgehead atoms. The second-order valence-corrected chi connectivity index (χ2v) is 5.29. The second kappa shape index (κ2) is 6.36. The van der Waals surface area contributed by atoms with E-state index in [4.69, 9.17) is 4.74 Å². The number of methoxy groups -OCH3 is 1. The SMILES string of the molecule is COCC1CCCN(C(=O)[C@H]2CCCNC2)C1. The Kier molecular flexibility index (Phi) is 4.80. The monoisotopic (exact) mass is 240 g/mol. The standard InChI is InChI=1S/C13H24N2O2/c1-17-10-11-4-3-7-15(9-11)13(16)12-5-2-6-14-8-12/h11-12,14H,2-10H2,1H3/t11?,12-/m0/s1.